The van der Waals surface area contributed by atoms with Gasteiger partial charge < -0.3 is 19.1 Å². The van der Waals surface area contributed by atoms with Crippen LogP contribution in [-0.2, 0) is 20.8 Å². The Balaban J connectivity index is 1.18. The minimum absolute atomic E-state index is 0.109. The number of morpholine rings is 1. The lowest BCUT2D eigenvalue weighted by atomic mass is 10.1. The zero-order valence-electron chi connectivity index (χ0n) is 27.1. The van der Waals surface area contributed by atoms with Crippen LogP contribution in [0.2, 0.25) is 0 Å². The normalized spacial score (nSPS) is 18.8. The molecule has 2 aromatic carbocycles. The summed E-state index contributed by atoms with van der Waals surface area (Å²) in [6.45, 7) is 8.74. The summed E-state index contributed by atoms with van der Waals surface area (Å²) in [5, 5.41) is 6.39. The molecule has 7 rings (SSSR count). The molecule has 0 aliphatic carbocycles. The summed E-state index contributed by atoms with van der Waals surface area (Å²) in [4.78, 5) is 36.1. The highest BCUT2D eigenvalue weighted by molar-refractivity contribution is 5.93. The zero-order valence-corrected chi connectivity index (χ0v) is 27.1. The Morgan fingerprint density at radius 3 is 2.72 bits per heavy atom. The van der Waals surface area contributed by atoms with Gasteiger partial charge in [0.25, 0.3) is 0 Å². The van der Waals surface area contributed by atoms with E-state index in [1.54, 1.807) is 11.2 Å². The van der Waals surface area contributed by atoms with E-state index in [-0.39, 0.29) is 18.4 Å². The molecule has 2 aliphatic heterocycles. The molecule has 2 atom stereocenters. The van der Waals surface area contributed by atoms with E-state index in [1.165, 1.54) is 0 Å². The maximum atomic E-state index is 13.2. The molecule has 2 aliphatic rings. The Morgan fingerprint density at radius 2 is 1.91 bits per heavy atom. The van der Waals surface area contributed by atoms with Crippen molar-refractivity contribution in [3.8, 4) is 11.3 Å². The first kappa shape index (κ1) is 30.9. The van der Waals surface area contributed by atoms with Crippen LogP contribution in [0.4, 0.5) is 10.7 Å². The van der Waals surface area contributed by atoms with Crippen LogP contribution in [0, 0.1) is 0 Å². The molecule has 5 heterocycles. The summed E-state index contributed by atoms with van der Waals surface area (Å²) in [6.07, 6.45) is 7.90. The van der Waals surface area contributed by atoms with Gasteiger partial charge in [0.2, 0.25) is 5.95 Å². The van der Waals surface area contributed by atoms with E-state index in [4.69, 9.17) is 24.2 Å². The summed E-state index contributed by atoms with van der Waals surface area (Å²) in [5.74, 6) is 0.571. The lowest BCUT2D eigenvalue weighted by Gasteiger charge is -2.39. The summed E-state index contributed by atoms with van der Waals surface area (Å²) < 4.78 is 19.4. The molecule has 0 N–H and O–H groups in total. The van der Waals surface area contributed by atoms with E-state index in [0.29, 0.717) is 38.8 Å². The van der Waals surface area contributed by atoms with E-state index in [1.807, 2.05) is 68.2 Å². The van der Waals surface area contributed by atoms with Crippen molar-refractivity contribution in [3.63, 3.8) is 0 Å². The van der Waals surface area contributed by atoms with Crippen molar-refractivity contribution in [2.45, 2.75) is 64.4 Å². The van der Waals surface area contributed by atoms with Crippen LogP contribution in [0.25, 0.3) is 33.2 Å². The van der Waals surface area contributed by atoms with Gasteiger partial charge in [-0.2, -0.15) is 5.10 Å². The summed E-state index contributed by atoms with van der Waals surface area (Å²) >= 11 is 0. The van der Waals surface area contributed by atoms with Gasteiger partial charge in [-0.15, -0.1) is 0 Å². The van der Waals surface area contributed by atoms with E-state index < -0.39 is 5.60 Å². The van der Waals surface area contributed by atoms with E-state index in [2.05, 4.69) is 38.2 Å². The molecule has 5 aromatic rings. The van der Waals surface area contributed by atoms with Gasteiger partial charge in [-0.1, -0.05) is 36.4 Å². The quantitative estimate of drug-likeness (QED) is 0.217. The second-order valence-electron chi connectivity index (χ2n) is 13.1. The molecular weight excluding hydrogens is 596 g/mol. The molecule has 0 radical (unpaired) electrons. The minimum atomic E-state index is -0.591. The van der Waals surface area contributed by atoms with Gasteiger partial charge in [0.1, 0.15) is 11.9 Å². The fourth-order valence-electron chi connectivity index (χ4n) is 6.19. The van der Waals surface area contributed by atoms with Crippen LogP contribution >= 0.6 is 0 Å². The predicted molar refractivity (Wildman–Crippen MR) is 178 cm³/mol. The number of fused-ring (bicyclic) bond motifs is 2. The van der Waals surface area contributed by atoms with Crippen LogP contribution < -0.4 is 4.90 Å². The number of aromatic nitrogens is 6. The predicted octanol–water partition coefficient (Wildman–Crippen LogP) is 5.78. The lowest BCUT2D eigenvalue weighted by Crippen LogP contribution is -2.54. The number of anilines is 1. The Hall–Kier alpha value is -4.68. The lowest BCUT2D eigenvalue weighted by molar-refractivity contribution is -0.0370. The fraction of sp³-hybridized carbons (Fsp3) is 0.429. The molecule has 12 nitrogen and oxygen atoms in total. The zero-order chi connectivity index (χ0) is 32.4. The number of amides is 1. The molecule has 1 unspecified atom stereocenters. The maximum Gasteiger partial charge on any atom is 0.410 e. The first-order chi connectivity index (χ1) is 22.8. The number of ether oxygens (including phenoxy) is 3. The van der Waals surface area contributed by atoms with Crippen molar-refractivity contribution in [1.29, 1.82) is 0 Å². The van der Waals surface area contributed by atoms with Crippen molar-refractivity contribution >= 4 is 34.0 Å². The largest absolute Gasteiger partial charge is 0.444 e. The Kier molecular flexibility index (Phi) is 8.70. The maximum absolute atomic E-state index is 13.2. The molecular formula is C35H40N8O4. The third-order valence-corrected chi connectivity index (χ3v) is 8.45. The van der Waals surface area contributed by atoms with E-state index in [9.17, 15) is 4.79 Å². The van der Waals surface area contributed by atoms with Crippen LogP contribution in [-0.4, -0.2) is 85.3 Å². The average molecular weight is 637 g/mol. The van der Waals surface area contributed by atoms with Crippen molar-refractivity contribution in [3.05, 3.63) is 72.8 Å². The second kappa shape index (κ2) is 13.2. The number of carbonyl (C=O) groups excluding carboxylic acids is 1. The van der Waals surface area contributed by atoms with E-state index >= 15 is 0 Å². The monoisotopic (exact) mass is 636 g/mol. The van der Waals surface area contributed by atoms with Gasteiger partial charge in [0.15, 0.2) is 11.9 Å². The van der Waals surface area contributed by atoms with Gasteiger partial charge in [0, 0.05) is 43.4 Å². The fourth-order valence-corrected chi connectivity index (χ4v) is 6.19. The molecule has 3 aromatic heterocycles. The third kappa shape index (κ3) is 6.89. The van der Waals surface area contributed by atoms with Gasteiger partial charge in [-0.25, -0.2) is 29.4 Å². The van der Waals surface area contributed by atoms with Crippen molar-refractivity contribution < 1.29 is 19.0 Å². The van der Waals surface area contributed by atoms with Crippen LogP contribution in [0.1, 0.15) is 51.8 Å². The smallest absolute Gasteiger partial charge is 0.410 e. The number of benzene rings is 2. The summed E-state index contributed by atoms with van der Waals surface area (Å²) in [6, 6.07) is 16.0. The number of rotatable bonds is 7. The molecule has 12 heteroatoms. The molecule has 1 amide bonds. The molecule has 0 saturated carbocycles. The Bertz CT molecular complexity index is 1850. The standard InChI is InChI=1S/C35H40N8O4/c1-35(2,3)47-34(44)42-14-16-45-22-27(42)21-41(20-24-9-5-4-6-10-24)33-36-18-26-17-25(12-13-29(26)40-33)31-28-19-39-43(32(28)38-23-37-31)30-11-7-8-15-46-30/h4-6,9-10,12-13,17-19,23,27,30H,7-8,11,14-16,20-22H2,1-3H3/t27-,30?/m1/s1. The van der Waals surface area contributed by atoms with Crippen molar-refractivity contribution in [2.24, 2.45) is 0 Å². The first-order valence-corrected chi connectivity index (χ1v) is 16.3. The Morgan fingerprint density at radius 1 is 1.04 bits per heavy atom. The van der Waals surface area contributed by atoms with Crippen LogP contribution in [0.3, 0.4) is 0 Å². The average Bonchev–Trinajstić information content (AvgIpc) is 3.52. The van der Waals surface area contributed by atoms with Crippen LogP contribution in [0.5, 0.6) is 0 Å². The highest BCUT2D eigenvalue weighted by Crippen LogP contribution is 2.31. The van der Waals surface area contributed by atoms with E-state index in [0.717, 1.165) is 64.6 Å². The van der Waals surface area contributed by atoms with Crippen LogP contribution in [0.15, 0.2) is 67.3 Å². The molecule has 47 heavy (non-hydrogen) atoms. The highest BCUT2D eigenvalue weighted by Gasteiger charge is 2.33. The van der Waals surface area contributed by atoms with Crippen molar-refractivity contribution in [2.75, 3.05) is 37.8 Å². The van der Waals surface area contributed by atoms with Gasteiger partial charge in [-0.3, -0.25) is 4.90 Å². The topological polar surface area (TPSA) is 121 Å². The summed E-state index contributed by atoms with van der Waals surface area (Å²) in [5.41, 5.74) is 3.81. The minimum Gasteiger partial charge on any atom is -0.444 e. The third-order valence-electron chi connectivity index (χ3n) is 8.45. The SMILES string of the molecule is CC(C)(C)OC(=O)N1CCOC[C@H]1CN(Cc1ccccc1)c1ncc2cc(-c3ncnc4c3cnn4C3CCCCO3)ccc2n1. The van der Waals surface area contributed by atoms with Crippen molar-refractivity contribution in [1.82, 2.24) is 34.6 Å². The molecule has 0 bridgehead atoms. The van der Waals surface area contributed by atoms with Gasteiger partial charge in [-0.05, 0) is 57.7 Å². The van der Waals surface area contributed by atoms with Gasteiger partial charge >= 0.3 is 6.09 Å². The number of hydrogen-bond acceptors (Lipinski definition) is 10. The number of nitrogens with zero attached hydrogens (tertiary/aromatic N) is 8. The number of carbonyl (C=O) groups is 1. The Labute approximate surface area is 273 Å². The molecule has 0 spiro atoms. The highest BCUT2D eigenvalue weighted by atomic mass is 16.6. The number of hydrogen-bond donors (Lipinski definition) is 0. The molecule has 2 saturated heterocycles. The molecule has 244 valence electrons. The first-order valence-electron chi connectivity index (χ1n) is 16.3. The molecule has 2 fully saturated rings. The summed E-state index contributed by atoms with van der Waals surface area (Å²) in [7, 11) is 0. The van der Waals surface area contributed by atoms with Gasteiger partial charge in [0.05, 0.1) is 42.0 Å². The second-order valence-corrected chi connectivity index (χ2v) is 13.1.